The predicted molar refractivity (Wildman–Crippen MR) is 128 cm³/mol. The van der Waals surface area contributed by atoms with Crippen molar-refractivity contribution < 1.29 is 9.84 Å². The van der Waals surface area contributed by atoms with Gasteiger partial charge in [0.15, 0.2) is 0 Å². The molecule has 162 valence electrons. The van der Waals surface area contributed by atoms with E-state index in [4.69, 9.17) is 4.74 Å². The minimum atomic E-state index is -1.20. The third-order valence-corrected chi connectivity index (χ3v) is 6.35. The third-order valence-electron chi connectivity index (χ3n) is 6.35. The van der Waals surface area contributed by atoms with Gasteiger partial charge in [0.2, 0.25) is 0 Å². The summed E-state index contributed by atoms with van der Waals surface area (Å²) < 4.78 is 5.95. The Morgan fingerprint density at radius 2 is 1.29 bits per heavy atom. The number of ether oxygens (including phenoxy) is 1. The zero-order valence-corrected chi connectivity index (χ0v) is 18.7. The van der Waals surface area contributed by atoms with Gasteiger partial charge in [0.1, 0.15) is 11.4 Å². The molecule has 1 aliphatic heterocycles. The summed E-state index contributed by atoms with van der Waals surface area (Å²) in [5.74, 6) is 0.857. The Labute approximate surface area is 186 Å². The highest BCUT2D eigenvalue weighted by Crippen LogP contribution is 2.50. The number of hydrogen-bond acceptors (Lipinski definition) is 3. The van der Waals surface area contributed by atoms with E-state index in [2.05, 4.69) is 31.0 Å². The molecule has 0 bridgehead atoms. The molecule has 0 atom stereocenters. The Morgan fingerprint density at radius 3 is 1.90 bits per heavy atom. The molecule has 3 heteroatoms. The molecule has 0 saturated carbocycles. The SMILES string of the molecule is CCCCCCCCOc1ccc(C2(O)c3ccccc3N(C)c3ccccc32)cc1. The largest absolute Gasteiger partial charge is 0.494 e. The van der Waals surface area contributed by atoms with Crippen LogP contribution in [0.25, 0.3) is 0 Å². The van der Waals surface area contributed by atoms with Crippen LogP contribution < -0.4 is 9.64 Å². The maximum Gasteiger partial charge on any atom is 0.144 e. The van der Waals surface area contributed by atoms with Gasteiger partial charge in [0, 0.05) is 29.5 Å². The average Bonchev–Trinajstić information content (AvgIpc) is 2.82. The zero-order chi connectivity index (χ0) is 21.7. The lowest BCUT2D eigenvalue weighted by molar-refractivity contribution is 0.125. The molecule has 4 rings (SSSR count). The van der Waals surface area contributed by atoms with Crippen LogP contribution in [-0.2, 0) is 5.60 Å². The first kappa shape index (κ1) is 21.5. The van der Waals surface area contributed by atoms with Gasteiger partial charge in [0.05, 0.1) is 6.61 Å². The van der Waals surface area contributed by atoms with Crippen LogP contribution in [0, 0.1) is 0 Å². The number of rotatable bonds is 9. The molecule has 1 aliphatic rings. The van der Waals surface area contributed by atoms with E-state index in [1.54, 1.807) is 0 Å². The van der Waals surface area contributed by atoms with E-state index in [0.717, 1.165) is 46.8 Å². The fourth-order valence-corrected chi connectivity index (χ4v) is 4.59. The number of anilines is 2. The van der Waals surface area contributed by atoms with Crippen LogP contribution in [0.5, 0.6) is 5.75 Å². The Hall–Kier alpha value is -2.78. The second-order valence-corrected chi connectivity index (χ2v) is 8.44. The van der Waals surface area contributed by atoms with E-state index in [1.165, 1.54) is 32.1 Å². The molecule has 1 N–H and O–H groups in total. The third kappa shape index (κ3) is 4.20. The molecule has 0 aromatic heterocycles. The topological polar surface area (TPSA) is 32.7 Å². The molecule has 3 aromatic rings. The van der Waals surface area contributed by atoms with Crippen molar-refractivity contribution in [2.45, 2.75) is 51.0 Å². The molecule has 3 aromatic carbocycles. The summed E-state index contributed by atoms with van der Waals surface area (Å²) in [6.45, 7) is 2.98. The first-order valence-corrected chi connectivity index (χ1v) is 11.5. The van der Waals surface area contributed by atoms with Crippen molar-refractivity contribution in [3.8, 4) is 5.75 Å². The standard InChI is InChI=1S/C28H33NO2/c1-3-4-5-6-7-12-21-31-23-19-17-22(18-20-23)28(30)24-13-8-10-15-26(24)29(2)27-16-11-9-14-25(27)28/h8-11,13-20,30H,3-7,12,21H2,1-2H3. The summed E-state index contributed by atoms with van der Waals surface area (Å²) in [6.07, 6.45) is 7.52. The van der Waals surface area contributed by atoms with E-state index in [1.807, 2.05) is 60.7 Å². The fraction of sp³-hybridized carbons (Fsp3) is 0.357. The van der Waals surface area contributed by atoms with Gasteiger partial charge in [0.25, 0.3) is 0 Å². The molecule has 0 unspecified atom stereocenters. The number of nitrogens with zero attached hydrogens (tertiary/aromatic N) is 1. The van der Waals surface area contributed by atoms with Crippen molar-refractivity contribution in [2.24, 2.45) is 0 Å². The van der Waals surface area contributed by atoms with E-state index >= 15 is 0 Å². The summed E-state index contributed by atoms with van der Waals surface area (Å²) in [5, 5.41) is 12.1. The van der Waals surface area contributed by atoms with Crippen molar-refractivity contribution in [3.05, 3.63) is 89.5 Å². The normalized spacial score (nSPS) is 14.1. The van der Waals surface area contributed by atoms with Crippen molar-refractivity contribution in [1.82, 2.24) is 0 Å². The van der Waals surface area contributed by atoms with Crippen LogP contribution in [-0.4, -0.2) is 18.8 Å². The smallest absolute Gasteiger partial charge is 0.144 e. The Kier molecular flexibility index (Phi) is 6.62. The van der Waals surface area contributed by atoms with E-state index < -0.39 is 5.60 Å². The molecule has 31 heavy (non-hydrogen) atoms. The minimum absolute atomic E-state index is 0.742. The van der Waals surface area contributed by atoms with E-state index in [0.29, 0.717) is 0 Å². The maximum atomic E-state index is 12.1. The van der Waals surface area contributed by atoms with Gasteiger partial charge >= 0.3 is 0 Å². The average molecular weight is 416 g/mol. The van der Waals surface area contributed by atoms with Gasteiger partial charge in [-0.05, 0) is 36.2 Å². The summed E-state index contributed by atoms with van der Waals surface area (Å²) in [6, 6.07) is 24.1. The van der Waals surface area contributed by atoms with Crippen molar-refractivity contribution in [2.75, 3.05) is 18.6 Å². The number of aliphatic hydroxyl groups is 1. The van der Waals surface area contributed by atoms with Gasteiger partial charge in [-0.15, -0.1) is 0 Å². The molecular formula is C28H33NO2. The number of fused-ring (bicyclic) bond motifs is 2. The summed E-state index contributed by atoms with van der Waals surface area (Å²) in [7, 11) is 2.05. The summed E-state index contributed by atoms with van der Waals surface area (Å²) >= 11 is 0. The molecule has 0 aliphatic carbocycles. The maximum absolute atomic E-state index is 12.1. The van der Waals surface area contributed by atoms with Crippen LogP contribution in [0.4, 0.5) is 11.4 Å². The van der Waals surface area contributed by atoms with E-state index in [9.17, 15) is 5.11 Å². The highest BCUT2D eigenvalue weighted by Gasteiger charge is 2.42. The molecule has 3 nitrogen and oxygen atoms in total. The summed E-state index contributed by atoms with van der Waals surface area (Å²) in [4.78, 5) is 2.15. The van der Waals surface area contributed by atoms with Crippen LogP contribution in [0.15, 0.2) is 72.8 Å². The highest BCUT2D eigenvalue weighted by molar-refractivity contribution is 5.78. The first-order valence-electron chi connectivity index (χ1n) is 11.5. The van der Waals surface area contributed by atoms with Gasteiger partial charge in [-0.1, -0.05) is 87.6 Å². The zero-order valence-electron chi connectivity index (χ0n) is 18.7. The van der Waals surface area contributed by atoms with Crippen LogP contribution in [0.1, 0.15) is 62.1 Å². The Balaban J connectivity index is 1.54. The first-order chi connectivity index (χ1) is 15.2. The van der Waals surface area contributed by atoms with Gasteiger partial charge in [-0.25, -0.2) is 0 Å². The fourth-order valence-electron chi connectivity index (χ4n) is 4.59. The lowest BCUT2D eigenvalue weighted by Crippen LogP contribution is -2.36. The second-order valence-electron chi connectivity index (χ2n) is 8.44. The Bertz CT molecular complexity index is 948. The number of hydrogen-bond donors (Lipinski definition) is 1. The van der Waals surface area contributed by atoms with Crippen LogP contribution in [0.2, 0.25) is 0 Å². The molecule has 0 spiro atoms. The van der Waals surface area contributed by atoms with Crippen molar-refractivity contribution >= 4 is 11.4 Å². The highest BCUT2D eigenvalue weighted by atomic mass is 16.5. The van der Waals surface area contributed by atoms with Crippen LogP contribution in [0.3, 0.4) is 0 Å². The molecule has 0 radical (unpaired) electrons. The van der Waals surface area contributed by atoms with Crippen LogP contribution >= 0.6 is 0 Å². The second kappa shape index (κ2) is 9.57. The van der Waals surface area contributed by atoms with E-state index in [-0.39, 0.29) is 0 Å². The van der Waals surface area contributed by atoms with Gasteiger partial charge < -0.3 is 14.7 Å². The number of benzene rings is 3. The quantitative estimate of drug-likeness (QED) is 0.391. The monoisotopic (exact) mass is 415 g/mol. The molecule has 0 fully saturated rings. The molecule has 1 heterocycles. The van der Waals surface area contributed by atoms with Gasteiger partial charge in [-0.2, -0.15) is 0 Å². The lowest BCUT2D eigenvalue weighted by Gasteiger charge is -2.41. The lowest BCUT2D eigenvalue weighted by atomic mass is 9.76. The molecular weight excluding hydrogens is 382 g/mol. The van der Waals surface area contributed by atoms with Gasteiger partial charge in [-0.3, -0.25) is 0 Å². The molecule has 0 saturated heterocycles. The van der Waals surface area contributed by atoms with Crippen molar-refractivity contribution in [1.29, 1.82) is 0 Å². The molecule has 0 amide bonds. The predicted octanol–water partition coefficient (Wildman–Crippen LogP) is 6.79. The Morgan fingerprint density at radius 1 is 0.742 bits per heavy atom. The summed E-state index contributed by atoms with van der Waals surface area (Å²) in [5.41, 5.74) is 3.50. The van der Waals surface area contributed by atoms with Crippen molar-refractivity contribution in [3.63, 3.8) is 0 Å². The number of unbranched alkanes of at least 4 members (excludes halogenated alkanes) is 5. The minimum Gasteiger partial charge on any atom is -0.494 e. The number of para-hydroxylation sites is 2.